The summed E-state index contributed by atoms with van der Waals surface area (Å²) in [5.74, 6) is -1.16. The normalized spacial score (nSPS) is 18.2. The fourth-order valence-corrected chi connectivity index (χ4v) is 5.20. The lowest BCUT2D eigenvalue weighted by Crippen LogP contribution is -2.54. The number of halogens is 4. The molecule has 3 aromatic heterocycles. The highest BCUT2D eigenvalue weighted by atomic mass is 35.5. The minimum atomic E-state index is -4.58. The predicted molar refractivity (Wildman–Crippen MR) is 139 cm³/mol. The fourth-order valence-electron chi connectivity index (χ4n) is 4.95. The van der Waals surface area contributed by atoms with Crippen molar-refractivity contribution in [3.8, 4) is 11.6 Å². The molecule has 1 saturated heterocycles. The molecule has 11 nitrogen and oxygen atoms in total. The molecule has 4 N–H and O–H groups in total. The molecular formula is C26H18ClF3N6O5. The summed E-state index contributed by atoms with van der Waals surface area (Å²) in [5, 5.41) is 15.7. The van der Waals surface area contributed by atoms with Crippen molar-refractivity contribution in [1.29, 1.82) is 0 Å². The van der Waals surface area contributed by atoms with Crippen molar-refractivity contribution in [1.82, 2.24) is 19.9 Å². The molecule has 1 unspecified atom stereocenters. The van der Waals surface area contributed by atoms with Crippen molar-refractivity contribution >= 4 is 51.8 Å². The number of ketones is 1. The van der Waals surface area contributed by atoms with Crippen molar-refractivity contribution in [2.75, 3.05) is 23.7 Å². The Bertz CT molecular complexity index is 1760. The summed E-state index contributed by atoms with van der Waals surface area (Å²) >= 11 is 6.41. The lowest BCUT2D eigenvalue weighted by atomic mass is 9.92. The number of likely N-dealkylation sites (tertiary alicyclic amines) is 1. The molecular weight excluding hydrogens is 569 g/mol. The number of anilines is 2. The van der Waals surface area contributed by atoms with Crippen LogP contribution in [-0.4, -0.2) is 61.4 Å². The molecule has 6 rings (SSSR count). The first-order valence-corrected chi connectivity index (χ1v) is 12.5. The number of amides is 2. The number of ether oxygens (including phenoxy) is 1. The van der Waals surface area contributed by atoms with Crippen LogP contribution < -0.4 is 15.4 Å². The van der Waals surface area contributed by atoms with Crippen LogP contribution in [0.1, 0.15) is 27.9 Å². The maximum absolute atomic E-state index is 13.7. The monoisotopic (exact) mass is 586 g/mol. The average molecular weight is 587 g/mol. The molecule has 1 fully saturated rings. The number of nitrogens with one attached hydrogen (secondary N) is 3. The third-order valence-electron chi connectivity index (χ3n) is 7.00. The zero-order chi connectivity index (χ0) is 29.1. The van der Waals surface area contributed by atoms with Crippen LogP contribution in [0.4, 0.5) is 29.3 Å². The van der Waals surface area contributed by atoms with Crippen LogP contribution in [0.15, 0.2) is 48.9 Å². The highest BCUT2D eigenvalue weighted by molar-refractivity contribution is 6.36. The number of carboxylic acid groups (broad SMARTS) is 1. The van der Waals surface area contributed by atoms with Crippen molar-refractivity contribution in [2.24, 2.45) is 0 Å². The van der Waals surface area contributed by atoms with Gasteiger partial charge >= 0.3 is 12.3 Å². The van der Waals surface area contributed by atoms with Crippen molar-refractivity contribution in [2.45, 2.75) is 18.1 Å². The number of hydrogen-bond donors (Lipinski definition) is 4. The summed E-state index contributed by atoms with van der Waals surface area (Å²) < 4.78 is 44.5. The number of fused-ring (bicyclic) bond motifs is 3. The molecule has 1 aromatic carbocycles. The van der Waals surface area contributed by atoms with E-state index in [1.54, 1.807) is 0 Å². The van der Waals surface area contributed by atoms with Crippen LogP contribution in [0.5, 0.6) is 11.6 Å². The quantitative estimate of drug-likeness (QED) is 0.240. The topological polar surface area (TPSA) is 150 Å². The van der Waals surface area contributed by atoms with Crippen molar-refractivity contribution < 1.29 is 37.4 Å². The van der Waals surface area contributed by atoms with Gasteiger partial charge in [-0.3, -0.25) is 9.59 Å². The van der Waals surface area contributed by atoms with E-state index in [1.165, 1.54) is 30.6 Å². The number of pyridine rings is 2. The van der Waals surface area contributed by atoms with E-state index in [0.29, 0.717) is 22.4 Å². The van der Waals surface area contributed by atoms with E-state index in [1.807, 2.05) is 0 Å². The molecule has 1 spiro atoms. The third-order valence-corrected chi connectivity index (χ3v) is 7.32. The van der Waals surface area contributed by atoms with Gasteiger partial charge in [0.2, 0.25) is 5.88 Å². The van der Waals surface area contributed by atoms with Crippen LogP contribution in [0.25, 0.3) is 11.0 Å². The van der Waals surface area contributed by atoms with Crippen molar-refractivity contribution in [3.05, 3.63) is 70.6 Å². The summed E-state index contributed by atoms with van der Waals surface area (Å²) in [7, 11) is 0. The molecule has 0 saturated carbocycles. The second-order valence-corrected chi connectivity index (χ2v) is 9.95. The zero-order valence-electron chi connectivity index (χ0n) is 20.7. The number of aromatic amines is 1. The number of benzene rings is 1. The molecule has 41 heavy (non-hydrogen) atoms. The third kappa shape index (κ3) is 4.55. The van der Waals surface area contributed by atoms with Gasteiger partial charge < -0.3 is 30.4 Å². The lowest BCUT2D eigenvalue weighted by Gasteiger charge is -2.35. The van der Waals surface area contributed by atoms with Gasteiger partial charge in [-0.05, 0) is 24.6 Å². The van der Waals surface area contributed by atoms with E-state index in [9.17, 15) is 32.7 Å². The van der Waals surface area contributed by atoms with Gasteiger partial charge in [-0.15, -0.1) is 0 Å². The Morgan fingerprint density at radius 3 is 2.66 bits per heavy atom. The maximum Gasteiger partial charge on any atom is 0.416 e. The Morgan fingerprint density at radius 2 is 1.95 bits per heavy atom. The summed E-state index contributed by atoms with van der Waals surface area (Å²) in [6.07, 6.45) is -1.68. The summed E-state index contributed by atoms with van der Waals surface area (Å²) in [4.78, 5) is 50.3. The summed E-state index contributed by atoms with van der Waals surface area (Å²) in [6.45, 7) is 0.0669. The van der Waals surface area contributed by atoms with Gasteiger partial charge in [0, 0.05) is 36.6 Å². The summed E-state index contributed by atoms with van der Waals surface area (Å²) in [5.41, 5.74) is -0.863. The second-order valence-electron chi connectivity index (χ2n) is 9.54. The largest absolute Gasteiger partial charge is 0.465 e. The van der Waals surface area contributed by atoms with Gasteiger partial charge in [-0.25, -0.2) is 14.8 Å². The smallest absolute Gasteiger partial charge is 0.416 e. The Labute approximate surface area is 233 Å². The Hall–Kier alpha value is -4.85. The fraction of sp³-hybridized carbons (Fsp3) is 0.192. The molecule has 4 aromatic rings. The number of hydrogen-bond acceptors (Lipinski definition) is 7. The van der Waals surface area contributed by atoms with E-state index in [2.05, 4.69) is 25.6 Å². The minimum absolute atomic E-state index is 0.0304. The average Bonchev–Trinajstić information content (AvgIpc) is 3.55. The first kappa shape index (κ1) is 26.4. The van der Waals surface area contributed by atoms with E-state index in [4.69, 9.17) is 16.3 Å². The molecule has 2 amide bonds. The maximum atomic E-state index is 13.7. The molecule has 0 radical (unpaired) electrons. The molecule has 2 aliphatic heterocycles. The van der Waals surface area contributed by atoms with Gasteiger partial charge in [0.15, 0.2) is 5.78 Å². The number of H-pyrrole nitrogens is 1. The Morgan fingerprint density at radius 1 is 1.15 bits per heavy atom. The standard InChI is InChI=1S/C26H18ClF3N6O5/c27-16-8-13(41-18-7-12(3-5-31-18)26(28,29)30)1-2-14(16)21(37)15-9-32-22-19(15)20-17(10-33-22)34-23(38)25(35-20)4-6-36(11-25)24(39)40/h1-3,5,7-10,35H,4,6,11H2,(H,32,33)(H,34,38)(H,39,40). The van der Waals surface area contributed by atoms with Crippen LogP contribution in [0.2, 0.25) is 5.02 Å². The summed E-state index contributed by atoms with van der Waals surface area (Å²) in [6, 6.07) is 5.58. The van der Waals surface area contributed by atoms with E-state index < -0.39 is 35.1 Å². The van der Waals surface area contributed by atoms with Crippen molar-refractivity contribution in [3.63, 3.8) is 0 Å². The number of alkyl halides is 3. The molecule has 210 valence electrons. The van der Waals surface area contributed by atoms with Crippen LogP contribution in [0, 0.1) is 0 Å². The van der Waals surface area contributed by atoms with Crippen LogP contribution >= 0.6 is 11.6 Å². The molecule has 0 bridgehead atoms. The number of nitrogens with zero attached hydrogens (tertiary/aromatic N) is 3. The molecule has 5 heterocycles. The van der Waals surface area contributed by atoms with E-state index in [-0.39, 0.29) is 47.3 Å². The van der Waals surface area contributed by atoms with Gasteiger partial charge in [0.05, 0.1) is 45.7 Å². The number of carbonyl (C=O) groups is 3. The molecule has 0 aliphatic carbocycles. The first-order chi connectivity index (χ1) is 19.4. The van der Waals surface area contributed by atoms with Gasteiger partial charge in [-0.1, -0.05) is 11.6 Å². The number of rotatable bonds is 4. The number of carbonyl (C=O) groups excluding carboxylic acids is 2. The Balaban J connectivity index is 1.32. The minimum Gasteiger partial charge on any atom is -0.465 e. The molecule has 15 heteroatoms. The molecule has 1 atom stereocenters. The first-order valence-electron chi connectivity index (χ1n) is 12.1. The predicted octanol–water partition coefficient (Wildman–Crippen LogP) is 5.14. The van der Waals surface area contributed by atoms with Gasteiger partial charge in [0.1, 0.15) is 16.9 Å². The lowest BCUT2D eigenvalue weighted by molar-refractivity contribution is -0.137. The zero-order valence-corrected chi connectivity index (χ0v) is 21.4. The highest BCUT2D eigenvalue weighted by Gasteiger charge is 2.49. The second kappa shape index (κ2) is 9.37. The SMILES string of the molecule is O=C(c1ccc(Oc2cc(C(F)(F)F)ccn2)cc1Cl)c1c[nH]c2ncc3c(c12)NC1(CCN(C(=O)O)C1)C(=O)N3. The molecule has 2 aliphatic rings. The van der Waals surface area contributed by atoms with Gasteiger partial charge in [-0.2, -0.15) is 13.2 Å². The van der Waals surface area contributed by atoms with E-state index >= 15 is 0 Å². The number of aromatic nitrogens is 3. The van der Waals surface area contributed by atoms with Crippen LogP contribution in [-0.2, 0) is 11.0 Å². The van der Waals surface area contributed by atoms with Crippen LogP contribution in [0.3, 0.4) is 0 Å². The van der Waals surface area contributed by atoms with E-state index in [0.717, 1.165) is 23.2 Å². The highest BCUT2D eigenvalue weighted by Crippen LogP contribution is 2.42. The van der Waals surface area contributed by atoms with Gasteiger partial charge in [0.25, 0.3) is 5.91 Å². The Kier molecular flexibility index (Phi) is 6.03.